The van der Waals surface area contributed by atoms with E-state index in [1.807, 2.05) is 17.0 Å². The molecule has 0 aromatic carbocycles. The average Bonchev–Trinajstić information content (AvgIpc) is 3.36. The van der Waals surface area contributed by atoms with Crippen molar-refractivity contribution in [1.29, 1.82) is 0 Å². The van der Waals surface area contributed by atoms with Gasteiger partial charge in [-0.1, -0.05) is 25.1 Å². The summed E-state index contributed by atoms with van der Waals surface area (Å²) in [7, 11) is 0. The van der Waals surface area contributed by atoms with Gasteiger partial charge in [0.1, 0.15) is 0 Å². The summed E-state index contributed by atoms with van der Waals surface area (Å²) in [6.07, 6.45) is 8.12. The maximum Gasteiger partial charge on any atom is 0.324 e. The molecule has 0 N–H and O–H groups in total. The van der Waals surface area contributed by atoms with Gasteiger partial charge in [0.2, 0.25) is 11.8 Å². The summed E-state index contributed by atoms with van der Waals surface area (Å²) >= 11 is 0. The van der Waals surface area contributed by atoms with Crippen molar-refractivity contribution in [3.8, 4) is 5.88 Å². The summed E-state index contributed by atoms with van der Waals surface area (Å²) < 4.78 is 11.3. The third-order valence-electron chi connectivity index (χ3n) is 7.44. The number of pyridine rings is 1. The Bertz CT molecular complexity index is 932. The molecule has 8 nitrogen and oxygen atoms in total. The molecule has 1 saturated carbocycles. The SMILES string of the molecule is CC(C)c1noc(N2CCC([C@@H]3C[C@H]3CCOc3ccc(CC(=O)N4CCC4)cn3)CC2)n1. The zero-order valence-corrected chi connectivity index (χ0v) is 19.8. The smallest absolute Gasteiger partial charge is 0.324 e. The van der Waals surface area contributed by atoms with Gasteiger partial charge in [0, 0.05) is 44.4 Å². The van der Waals surface area contributed by atoms with Crippen LogP contribution in [0.2, 0.25) is 0 Å². The van der Waals surface area contributed by atoms with E-state index in [4.69, 9.17) is 9.26 Å². The lowest BCUT2D eigenvalue weighted by molar-refractivity contribution is -0.133. The standard InChI is InChI=1S/C25H35N5O3/c1-17(2)24-27-25(33-28-24)30-11-6-19(7-12-30)21-15-20(21)8-13-32-22-5-4-18(16-26-22)14-23(31)29-9-3-10-29/h4-5,16-17,19-21H,3,6-15H2,1-2H3/t20-,21+/m1/s1. The van der Waals surface area contributed by atoms with E-state index < -0.39 is 0 Å². The second-order valence-electron chi connectivity index (χ2n) is 10.1. The summed E-state index contributed by atoms with van der Waals surface area (Å²) in [5, 5.41) is 4.09. The summed E-state index contributed by atoms with van der Waals surface area (Å²) in [6.45, 7) is 8.67. The maximum absolute atomic E-state index is 12.1. The number of carbonyl (C=O) groups excluding carboxylic acids is 1. The van der Waals surface area contributed by atoms with Crippen LogP contribution in [0.3, 0.4) is 0 Å². The summed E-state index contributed by atoms with van der Waals surface area (Å²) in [4.78, 5) is 25.1. The monoisotopic (exact) mass is 453 g/mol. The predicted octanol–water partition coefficient (Wildman–Crippen LogP) is 3.68. The van der Waals surface area contributed by atoms with Crippen LogP contribution in [-0.2, 0) is 11.2 Å². The molecule has 2 aliphatic heterocycles. The van der Waals surface area contributed by atoms with Crippen LogP contribution in [0.5, 0.6) is 5.88 Å². The lowest BCUT2D eigenvalue weighted by Gasteiger charge is -2.30. The highest BCUT2D eigenvalue weighted by Crippen LogP contribution is 2.49. The van der Waals surface area contributed by atoms with Crippen molar-refractivity contribution in [3.05, 3.63) is 29.7 Å². The molecule has 0 bridgehead atoms. The molecule has 2 saturated heterocycles. The molecule has 0 unspecified atom stereocenters. The minimum Gasteiger partial charge on any atom is -0.478 e. The number of rotatable bonds is 9. The van der Waals surface area contributed by atoms with Crippen LogP contribution in [0.1, 0.15) is 63.3 Å². The number of hydrogen-bond acceptors (Lipinski definition) is 7. The first-order chi connectivity index (χ1) is 16.1. The number of likely N-dealkylation sites (tertiary alicyclic amines) is 1. The Kier molecular flexibility index (Phi) is 6.51. The zero-order valence-electron chi connectivity index (χ0n) is 19.8. The summed E-state index contributed by atoms with van der Waals surface area (Å²) in [6, 6.07) is 4.53. The van der Waals surface area contributed by atoms with E-state index >= 15 is 0 Å². The molecule has 2 aromatic heterocycles. The second-order valence-corrected chi connectivity index (χ2v) is 10.1. The van der Waals surface area contributed by atoms with Gasteiger partial charge in [-0.3, -0.25) is 4.79 Å². The molecule has 8 heteroatoms. The molecule has 4 heterocycles. The van der Waals surface area contributed by atoms with Gasteiger partial charge in [-0.15, -0.1) is 0 Å². The molecule has 178 valence electrons. The number of hydrogen-bond donors (Lipinski definition) is 0. The fraction of sp³-hybridized carbons (Fsp3) is 0.680. The van der Waals surface area contributed by atoms with E-state index in [1.54, 1.807) is 6.20 Å². The van der Waals surface area contributed by atoms with E-state index in [9.17, 15) is 4.79 Å². The van der Waals surface area contributed by atoms with Crippen LogP contribution in [0.4, 0.5) is 6.01 Å². The lowest BCUT2D eigenvalue weighted by Crippen LogP contribution is -2.42. The molecule has 0 radical (unpaired) electrons. The van der Waals surface area contributed by atoms with Gasteiger partial charge in [0.25, 0.3) is 0 Å². The Morgan fingerprint density at radius 2 is 2.03 bits per heavy atom. The molecule has 1 amide bonds. The van der Waals surface area contributed by atoms with Crippen LogP contribution in [0.25, 0.3) is 0 Å². The highest BCUT2D eigenvalue weighted by atomic mass is 16.5. The molecule has 3 aliphatic rings. The number of aromatic nitrogens is 3. The second kappa shape index (κ2) is 9.69. The van der Waals surface area contributed by atoms with Crippen LogP contribution in [-0.4, -0.2) is 58.7 Å². The molecular formula is C25H35N5O3. The van der Waals surface area contributed by atoms with Crippen LogP contribution in [0, 0.1) is 17.8 Å². The van der Waals surface area contributed by atoms with Gasteiger partial charge in [-0.25, -0.2) is 4.98 Å². The van der Waals surface area contributed by atoms with Gasteiger partial charge >= 0.3 is 6.01 Å². The molecule has 2 aromatic rings. The lowest BCUT2D eigenvalue weighted by atomic mass is 9.90. The quantitative estimate of drug-likeness (QED) is 0.572. The summed E-state index contributed by atoms with van der Waals surface area (Å²) in [5.41, 5.74) is 0.953. The number of piperidine rings is 1. The van der Waals surface area contributed by atoms with E-state index in [-0.39, 0.29) is 5.91 Å². The number of carbonyl (C=O) groups is 1. The fourth-order valence-corrected chi connectivity index (χ4v) is 5.06. The molecule has 33 heavy (non-hydrogen) atoms. The van der Waals surface area contributed by atoms with Crippen molar-refractivity contribution in [2.45, 2.75) is 58.3 Å². The minimum atomic E-state index is 0.194. The van der Waals surface area contributed by atoms with Crippen molar-refractivity contribution in [2.75, 3.05) is 37.7 Å². The highest BCUT2D eigenvalue weighted by Gasteiger charge is 2.43. The first kappa shape index (κ1) is 22.2. The molecular weight excluding hydrogens is 418 g/mol. The third-order valence-corrected chi connectivity index (χ3v) is 7.44. The molecule has 2 atom stereocenters. The van der Waals surface area contributed by atoms with Gasteiger partial charge in [-0.2, -0.15) is 4.98 Å². The van der Waals surface area contributed by atoms with E-state index in [0.29, 0.717) is 30.8 Å². The Hall–Kier alpha value is -2.64. The van der Waals surface area contributed by atoms with Crippen LogP contribution < -0.4 is 9.64 Å². The number of amides is 1. The van der Waals surface area contributed by atoms with Gasteiger partial charge in [0.15, 0.2) is 5.82 Å². The predicted molar refractivity (Wildman–Crippen MR) is 124 cm³/mol. The molecule has 0 spiro atoms. The van der Waals surface area contributed by atoms with Crippen LogP contribution >= 0.6 is 0 Å². The number of ether oxygens (including phenoxy) is 1. The zero-order chi connectivity index (χ0) is 22.8. The van der Waals surface area contributed by atoms with Crippen molar-refractivity contribution in [2.24, 2.45) is 17.8 Å². The topological polar surface area (TPSA) is 84.6 Å². The molecule has 5 rings (SSSR count). The van der Waals surface area contributed by atoms with Gasteiger partial charge in [-0.05, 0) is 55.4 Å². The maximum atomic E-state index is 12.1. The largest absolute Gasteiger partial charge is 0.478 e. The number of anilines is 1. The van der Waals surface area contributed by atoms with Crippen LogP contribution in [0.15, 0.2) is 22.9 Å². The summed E-state index contributed by atoms with van der Waals surface area (Å²) in [5.74, 6) is 4.32. The van der Waals surface area contributed by atoms with Gasteiger partial charge < -0.3 is 19.1 Å². The molecule has 3 fully saturated rings. The van der Waals surface area contributed by atoms with E-state index in [0.717, 1.165) is 68.2 Å². The van der Waals surface area contributed by atoms with E-state index in [2.05, 4.69) is 33.9 Å². The minimum absolute atomic E-state index is 0.194. The van der Waals surface area contributed by atoms with Crippen molar-refractivity contribution >= 4 is 11.9 Å². The fourth-order valence-electron chi connectivity index (χ4n) is 5.06. The molecule has 1 aliphatic carbocycles. The first-order valence-corrected chi connectivity index (χ1v) is 12.5. The first-order valence-electron chi connectivity index (χ1n) is 12.5. The normalized spacial score (nSPS) is 23.0. The Balaban J connectivity index is 0.995. The van der Waals surface area contributed by atoms with Crippen molar-refractivity contribution < 1.29 is 14.1 Å². The Labute approximate surface area is 195 Å². The van der Waals surface area contributed by atoms with Gasteiger partial charge in [0.05, 0.1) is 13.0 Å². The van der Waals surface area contributed by atoms with Crippen molar-refractivity contribution in [3.63, 3.8) is 0 Å². The average molecular weight is 454 g/mol. The van der Waals surface area contributed by atoms with E-state index in [1.165, 1.54) is 19.3 Å². The third kappa shape index (κ3) is 5.31. The Morgan fingerprint density at radius 1 is 1.21 bits per heavy atom. The highest BCUT2D eigenvalue weighted by molar-refractivity contribution is 5.79. The van der Waals surface area contributed by atoms with Crippen molar-refractivity contribution in [1.82, 2.24) is 20.0 Å². The Morgan fingerprint density at radius 3 is 2.67 bits per heavy atom. The number of nitrogens with zero attached hydrogens (tertiary/aromatic N) is 5.